The van der Waals surface area contributed by atoms with Crippen molar-refractivity contribution < 1.29 is 4.79 Å². The third kappa shape index (κ3) is 3.16. The van der Waals surface area contributed by atoms with E-state index in [0.717, 1.165) is 29.4 Å². The van der Waals surface area contributed by atoms with Gasteiger partial charge in [0, 0.05) is 18.5 Å². The molecule has 22 heavy (non-hydrogen) atoms. The molecule has 1 heterocycles. The van der Waals surface area contributed by atoms with Gasteiger partial charge in [0.05, 0.1) is 5.75 Å². The first-order chi connectivity index (χ1) is 10.6. The van der Waals surface area contributed by atoms with Crippen LogP contribution in [0.1, 0.15) is 58.2 Å². The number of rotatable bonds is 6. The minimum Gasteiger partial charge on any atom is -0.352 e. The highest BCUT2D eigenvalue weighted by Crippen LogP contribution is 2.44. The number of nitrogens with zero attached hydrogens (tertiary/aromatic N) is 3. The third-order valence-corrected chi connectivity index (χ3v) is 5.96. The molecule has 1 aromatic heterocycles. The first kappa shape index (κ1) is 15.8. The van der Waals surface area contributed by atoms with Gasteiger partial charge in [-0.25, -0.2) is 0 Å². The van der Waals surface area contributed by atoms with Gasteiger partial charge in [0.1, 0.15) is 5.82 Å². The van der Waals surface area contributed by atoms with Crippen molar-refractivity contribution in [2.75, 3.05) is 5.75 Å². The van der Waals surface area contributed by atoms with E-state index >= 15 is 0 Å². The van der Waals surface area contributed by atoms with Gasteiger partial charge in [-0.15, -0.1) is 10.2 Å². The Kier molecular flexibility index (Phi) is 4.76. The molecule has 0 spiro atoms. The number of aromatic nitrogens is 3. The molecule has 0 unspecified atom stereocenters. The molecule has 2 aliphatic rings. The molecule has 2 aliphatic carbocycles. The maximum Gasteiger partial charge on any atom is 0.230 e. The highest BCUT2D eigenvalue weighted by atomic mass is 32.2. The summed E-state index contributed by atoms with van der Waals surface area (Å²) in [6.45, 7) is 7.17. The van der Waals surface area contributed by atoms with Gasteiger partial charge in [0.2, 0.25) is 5.91 Å². The van der Waals surface area contributed by atoms with Crippen LogP contribution in [0.25, 0.3) is 0 Å². The summed E-state index contributed by atoms with van der Waals surface area (Å²) in [7, 11) is 0. The molecule has 0 aromatic carbocycles. The molecular formula is C16H26N4OS. The standard InChI is InChI=1S/C16H26N4OS/c1-4-20-15(10(2)3)18-19-16(20)22-9-14(21)17-13-8-11-5-6-12(13)7-11/h10-13H,4-9H2,1-3H3,(H,17,21)/t11-,12-,13-/m1/s1. The summed E-state index contributed by atoms with van der Waals surface area (Å²) < 4.78 is 2.11. The topological polar surface area (TPSA) is 59.8 Å². The Morgan fingerprint density at radius 1 is 1.36 bits per heavy atom. The van der Waals surface area contributed by atoms with Crippen molar-refractivity contribution in [1.29, 1.82) is 0 Å². The predicted octanol–water partition coefficient (Wildman–Crippen LogP) is 2.82. The Hall–Kier alpha value is -1.04. The van der Waals surface area contributed by atoms with Crippen molar-refractivity contribution >= 4 is 17.7 Å². The van der Waals surface area contributed by atoms with Crippen LogP contribution in [-0.4, -0.2) is 32.5 Å². The lowest BCUT2D eigenvalue weighted by atomic mass is 9.95. The maximum atomic E-state index is 12.2. The number of carbonyl (C=O) groups is 1. The molecule has 2 bridgehead atoms. The van der Waals surface area contributed by atoms with Crippen molar-refractivity contribution in [2.45, 2.75) is 70.1 Å². The Bertz CT molecular complexity index is 542. The van der Waals surface area contributed by atoms with E-state index in [-0.39, 0.29) is 5.91 Å². The normalized spacial score (nSPS) is 26.8. The van der Waals surface area contributed by atoms with Crippen LogP contribution < -0.4 is 5.32 Å². The zero-order valence-electron chi connectivity index (χ0n) is 13.7. The molecule has 1 aromatic rings. The molecule has 3 rings (SSSR count). The number of amides is 1. The van der Waals surface area contributed by atoms with E-state index in [1.165, 1.54) is 37.4 Å². The van der Waals surface area contributed by atoms with E-state index in [9.17, 15) is 4.79 Å². The first-order valence-electron chi connectivity index (χ1n) is 8.43. The van der Waals surface area contributed by atoms with Crippen molar-refractivity contribution in [3.05, 3.63) is 5.82 Å². The van der Waals surface area contributed by atoms with E-state index in [0.29, 0.717) is 17.7 Å². The minimum atomic E-state index is 0.138. The van der Waals surface area contributed by atoms with E-state index in [1.807, 2.05) is 0 Å². The van der Waals surface area contributed by atoms with Crippen LogP contribution in [0.2, 0.25) is 0 Å². The van der Waals surface area contributed by atoms with Crippen LogP contribution >= 0.6 is 11.8 Å². The van der Waals surface area contributed by atoms with Gasteiger partial charge >= 0.3 is 0 Å². The lowest BCUT2D eigenvalue weighted by Gasteiger charge is -2.22. The number of nitrogens with one attached hydrogen (secondary N) is 1. The van der Waals surface area contributed by atoms with Gasteiger partial charge in [-0.1, -0.05) is 32.0 Å². The monoisotopic (exact) mass is 322 g/mol. The number of carbonyl (C=O) groups excluding carboxylic acids is 1. The fraction of sp³-hybridized carbons (Fsp3) is 0.812. The molecule has 5 nitrogen and oxygen atoms in total. The average Bonchev–Trinajstić information content (AvgIpc) is 3.19. The van der Waals surface area contributed by atoms with Gasteiger partial charge in [-0.3, -0.25) is 4.79 Å². The highest BCUT2D eigenvalue weighted by Gasteiger charge is 2.40. The van der Waals surface area contributed by atoms with Crippen LogP contribution in [0.3, 0.4) is 0 Å². The zero-order valence-corrected chi connectivity index (χ0v) is 14.5. The van der Waals surface area contributed by atoms with Gasteiger partial charge in [0.25, 0.3) is 0 Å². The second-order valence-electron chi connectivity index (χ2n) is 6.88. The second kappa shape index (κ2) is 6.60. The molecule has 3 atom stereocenters. The summed E-state index contributed by atoms with van der Waals surface area (Å²) in [4.78, 5) is 12.2. The Morgan fingerprint density at radius 2 is 2.18 bits per heavy atom. The number of thioether (sulfide) groups is 1. The average molecular weight is 322 g/mol. The van der Waals surface area contributed by atoms with Gasteiger partial charge in [-0.05, 0) is 38.0 Å². The molecular weight excluding hydrogens is 296 g/mol. The van der Waals surface area contributed by atoms with E-state index in [4.69, 9.17) is 0 Å². The van der Waals surface area contributed by atoms with Crippen LogP contribution in [-0.2, 0) is 11.3 Å². The molecule has 1 N–H and O–H groups in total. The maximum absolute atomic E-state index is 12.2. The fourth-order valence-electron chi connectivity index (χ4n) is 3.93. The van der Waals surface area contributed by atoms with Crippen LogP contribution in [0.4, 0.5) is 0 Å². The summed E-state index contributed by atoms with van der Waals surface area (Å²) in [5.41, 5.74) is 0. The second-order valence-corrected chi connectivity index (χ2v) is 7.82. The number of fused-ring (bicyclic) bond motifs is 2. The number of hydrogen-bond donors (Lipinski definition) is 1. The van der Waals surface area contributed by atoms with E-state index in [2.05, 4.69) is 40.9 Å². The summed E-state index contributed by atoms with van der Waals surface area (Å²) in [5.74, 6) is 3.51. The van der Waals surface area contributed by atoms with Gasteiger partial charge in [0.15, 0.2) is 5.16 Å². The summed E-state index contributed by atoms with van der Waals surface area (Å²) in [5, 5.41) is 12.6. The van der Waals surface area contributed by atoms with Crippen molar-refractivity contribution in [3.63, 3.8) is 0 Å². The molecule has 0 radical (unpaired) electrons. The smallest absolute Gasteiger partial charge is 0.230 e. The van der Waals surface area contributed by atoms with Crippen molar-refractivity contribution in [2.24, 2.45) is 11.8 Å². The molecule has 0 aliphatic heterocycles. The lowest BCUT2D eigenvalue weighted by Crippen LogP contribution is -2.39. The largest absolute Gasteiger partial charge is 0.352 e. The third-order valence-electron chi connectivity index (χ3n) is 4.99. The van der Waals surface area contributed by atoms with Crippen LogP contribution in [0.15, 0.2) is 5.16 Å². The molecule has 122 valence electrons. The molecule has 1 amide bonds. The SMILES string of the molecule is CCn1c(SCC(=O)N[C@@H]2C[C@@H]3CC[C@@H]2C3)nnc1C(C)C. The summed E-state index contributed by atoms with van der Waals surface area (Å²) >= 11 is 1.50. The Labute approximate surface area is 136 Å². The first-order valence-corrected chi connectivity index (χ1v) is 9.42. The Morgan fingerprint density at radius 3 is 2.77 bits per heavy atom. The summed E-state index contributed by atoms with van der Waals surface area (Å²) in [6, 6.07) is 0.419. The van der Waals surface area contributed by atoms with Crippen molar-refractivity contribution in [1.82, 2.24) is 20.1 Å². The summed E-state index contributed by atoms with van der Waals surface area (Å²) in [6.07, 6.45) is 5.16. The lowest BCUT2D eigenvalue weighted by molar-refractivity contribution is -0.119. The quantitative estimate of drug-likeness (QED) is 0.818. The fourth-order valence-corrected chi connectivity index (χ4v) is 4.75. The van der Waals surface area contributed by atoms with Crippen LogP contribution in [0.5, 0.6) is 0 Å². The number of hydrogen-bond acceptors (Lipinski definition) is 4. The molecule has 2 fully saturated rings. The highest BCUT2D eigenvalue weighted by molar-refractivity contribution is 7.99. The van der Waals surface area contributed by atoms with E-state index in [1.54, 1.807) is 0 Å². The zero-order chi connectivity index (χ0) is 15.7. The molecule has 0 saturated heterocycles. The van der Waals surface area contributed by atoms with E-state index < -0.39 is 0 Å². The molecule has 2 saturated carbocycles. The predicted molar refractivity (Wildman–Crippen MR) is 87.9 cm³/mol. The molecule has 6 heteroatoms. The Balaban J connectivity index is 1.53. The van der Waals surface area contributed by atoms with Crippen molar-refractivity contribution in [3.8, 4) is 0 Å². The van der Waals surface area contributed by atoms with Gasteiger partial charge < -0.3 is 9.88 Å². The minimum absolute atomic E-state index is 0.138. The van der Waals surface area contributed by atoms with Crippen LogP contribution in [0, 0.1) is 11.8 Å². The van der Waals surface area contributed by atoms with Gasteiger partial charge in [-0.2, -0.15) is 0 Å².